The second-order valence-corrected chi connectivity index (χ2v) is 6.89. The van der Waals surface area contributed by atoms with Crippen molar-refractivity contribution in [3.05, 3.63) is 51.3 Å². The van der Waals surface area contributed by atoms with Gasteiger partial charge in [0.2, 0.25) is 6.79 Å². The van der Waals surface area contributed by atoms with E-state index in [4.69, 9.17) is 9.47 Å². The smallest absolute Gasteiger partial charge is 0.231 e. The maximum absolute atomic E-state index is 9.46. The van der Waals surface area contributed by atoms with Gasteiger partial charge in [0.15, 0.2) is 16.7 Å². The molecule has 1 N–H and O–H groups in total. The molecule has 0 spiro atoms. The second-order valence-electron chi connectivity index (χ2n) is 5.01. The SMILES string of the molecule is N#C/C(=C\c1cc2c(cc1Br)OCO2)Sc1nc2ccccc2[nH]1. The minimum Gasteiger partial charge on any atom is -0.454 e. The van der Waals surface area contributed by atoms with Gasteiger partial charge in [-0.15, -0.1) is 0 Å². The standard InChI is InChI=1S/C17H10BrN3O2S/c18-12-7-16-15(22-9-23-16)6-10(12)5-11(8-19)24-17-20-13-3-1-2-4-14(13)21-17/h1-7H,9H2,(H,20,21)/b11-5+. The number of hydrogen-bond donors (Lipinski definition) is 1. The van der Waals surface area contributed by atoms with Crippen LogP contribution in [0.2, 0.25) is 0 Å². The average Bonchev–Trinajstić information content (AvgIpc) is 3.19. The van der Waals surface area contributed by atoms with Crippen LogP contribution in [-0.2, 0) is 0 Å². The fraction of sp³-hybridized carbons (Fsp3) is 0.0588. The first-order valence-electron chi connectivity index (χ1n) is 7.06. The number of nitrogens with zero attached hydrogens (tertiary/aromatic N) is 2. The first-order chi connectivity index (χ1) is 11.7. The minimum absolute atomic E-state index is 0.216. The summed E-state index contributed by atoms with van der Waals surface area (Å²) < 4.78 is 11.6. The summed E-state index contributed by atoms with van der Waals surface area (Å²) >= 11 is 4.79. The summed E-state index contributed by atoms with van der Waals surface area (Å²) in [6.07, 6.45) is 1.80. The molecular formula is C17H10BrN3O2S. The lowest BCUT2D eigenvalue weighted by Gasteiger charge is -2.03. The molecule has 0 saturated heterocycles. The van der Waals surface area contributed by atoms with Gasteiger partial charge in [-0.2, -0.15) is 5.26 Å². The molecule has 0 aliphatic carbocycles. The number of aromatic amines is 1. The van der Waals surface area contributed by atoms with Gasteiger partial charge in [-0.05, 0) is 47.7 Å². The van der Waals surface area contributed by atoms with Crippen LogP contribution in [-0.4, -0.2) is 16.8 Å². The van der Waals surface area contributed by atoms with E-state index in [1.54, 1.807) is 6.08 Å². The number of imidazole rings is 1. The lowest BCUT2D eigenvalue weighted by Crippen LogP contribution is -1.92. The zero-order valence-corrected chi connectivity index (χ0v) is 14.6. The van der Waals surface area contributed by atoms with Crippen LogP contribution in [0.25, 0.3) is 17.1 Å². The third kappa shape index (κ3) is 2.86. The Kier molecular flexibility index (Phi) is 3.92. The van der Waals surface area contributed by atoms with Gasteiger partial charge in [-0.1, -0.05) is 28.1 Å². The van der Waals surface area contributed by atoms with Gasteiger partial charge in [0, 0.05) is 4.47 Å². The Morgan fingerprint density at radius 3 is 2.88 bits per heavy atom. The van der Waals surface area contributed by atoms with Crippen LogP contribution in [0.1, 0.15) is 5.56 Å². The average molecular weight is 400 g/mol. The number of nitriles is 1. The molecule has 0 atom stereocenters. The van der Waals surface area contributed by atoms with Crippen molar-refractivity contribution in [2.75, 3.05) is 6.79 Å². The number of nitrogens with one attached hydrogen (secondary N) is 1. The summed E-state index contributed by atoms with van der Waals surface area (Å²) in [5.74, 6) is 1.37. The van der Waals surface area contributed by atoms with Gasteiger partial charge in [-0.3, -0.25) is 0 Å². The van der Waals surface area contributed by atoms with Crippen molar-refractivity contribution in [1.29, 1.82) is 5.26 Å². The molecular weight excluding hydrogens is 390 g/mol. The van der Waals surface area contributed by atoms with Crippen molar-refractivity contribution in [1.82, 2.24) is 9.97 Å². The monoisotopic (exact) mass is 399 g/mol. The van der Waals surface area contributed by atoms with Gasteiger partial charge in [0.25, 0.3) is 0 Å². The van der Waals surface area contributed by atoms with Crippen LogP contribution in [0.3, 0.4) is 0 Å². The van der Waals surface area contributed by atoms with E-state index in [2.05, 4.69) is 32.0 Å². The van der Waals surface area contributed by atoms with Crippen LogP contribution in [0.4, 0.5) is 0 Å². The largest absolute Gasteiger partial charge is 0.454 e. The van der Waals surface area contributed by atoms with Crippen LogP contribution < -0.4 is 9.47 Å². The molecule has 24 heavy (non-hydrogen) atoms. The molecule has 1 aliphatic rings. The molecule has 3 aromatic rings. The van der Waals surface area contributed by atoms with E-state index < -0.39 is 0 Å². The zero-order valence-electron chi connectivity index (χ0n) is 12.2. The normalized spacial score (nSPS) is 13.2. The van der Waals surface area contributed by atoms with Crippen LogP contribution in [0, 0.1) is 11.3 Å². The van der Waals surface area contributed by atoms with Crippen molar-refractivity contribution < 1.29 is 9.47 Å². The van der Waals surface area contributed by atoms with Crippen molar-refractivity contribution >= 4 is 44.8 Å². The predicted molar refractivity (Wildman–Crippen MR) is 95.8 cm³/mol. The molecule has 4 rings (SSSR count). The van der Waals surface area contributed by atoms with E-state index in [-0.39, 0.29) is 6.79 Å². The van der Waals surface area contributed by atoms with Gasteiger partial charge in [0.05, 0.1) is 15.9 Å². The Balaban J connectivity index is 1.66. The Morgan fingerprint density at radius 2 is 2.08 bits per heavy atom. The number of halogens is 1. The van der Waals surface area contributed by atoms with Crippen molar-refractivity contribution in [2.45, 2.75) is 5.16 Å². The van der Waals surface area contributed by atoms with E-state index in [0.717, 1.165) is 21.1 Å². The Bertz CT molecular complexity index is 974. The molecule has 5 nitrogen and oxygen atoms in total. The molecule has 1 aromatic heterocycles. The number of aromatic nitrogens is 2. The number of hydrogen-bond acceptors (Lipinski definition) is 5. The summed E-state index contributed by atoms with van der Waals surface area (Å²) in [5, 5.41) is 10.1. The quantitative estimate of drug-likeness (QED) is 0.509. The predicted octanol–water partition coefficient (Wildman–Crippen LogP) is 4.71. The number of para-hydroxylation sites is 2. The molecule has 7 heteroatoms. The molecule has 2 heterocycles. The summed E-state index contributed by atoms with van der Waals surface area (Å²) in [7, 11) is 0. The highest BCUT2D eigenvalue weighted by atomic mass is 79.9. The van der Waals surface area contributed by atoms with E-state index >= 15 is 0 Å². The molecule has 118 valence electrons. The van der Waals surface area contributed by atoms with Crippen LogP contribution >= 0.6 is 27.7 Å². The van der Waals surface area contributed by atoms with Crippen LogP contribution in [0.15, 0.2) is 50.9 Å². The molecule has 0 saturated carbocycles. The molecule has 0 radical (unpaired) electrons. The topological polar surface area (TPSA) is 70.9 Å². The molecule has 1 aliphatic heterocycles. The molecule has 0 bridgehead atoms. The first kappa shape index (κ1) is 15.1. The minimum atomic E-state index is 0.216. The van der Waals surface area contributed by atoms with Gasteiger partial charge in [-0.25, -0.2) is 4.98 Å². The highest BCUT2D eigenvalue weighted by Crippen LogP contribution is 2.38. The van der Waals surface area contributed by atoms with E-state index in [0.29, 0.717) is 21.6 Å². The zero-order chi connectivity index (χ0) is 16.5. The van der Waals surface area contributed by atoms with E-state index in [1.807, 2.05) is 36.4 Å². The summed E-state index contributed by atoms with van der Waals surface area (Å²) in [5.41, 5.74) is 2.67. The number of allylic oxidation sites excluding steroid dienone is 1. The Morgan fingerprint density at radius 1 is 1.29 bits per heavy atom. The van der Waals surface area contributed by atoms with Gasteiger partial charge >= 0.3 is 0 Å². The lowest BCUT2D eigenvalue weighted by molar-refractivity contribution is 0.174. The highest BCUT2D eigenvalue weighted by Gasteiger charge is 2.16. The summed E-state index contributed by atoms with van der Waals surface area (Å²) in [6.45, 7) is 0.216. The molecule has 0 fully saturated rings. The lowest BCUT2D eigenvalue weighted by atomic mass is 10.2. The fourth-order valence-corrected chi connectivity index (χ4v) is 3.53. The van der Waals surface area contributed by atoms with Crippen molar-refractivity contribution in [3.8, 4) is 17.6 Å². The molecule has 2 aromatic carbocycles. The van der Waals surface area contributed by atoms with Gasteiger partial charge < -0.3 is 14.5 Å². The number of benzene rings is 2. The third-order valence-corrected chi connectivity index (χ3v) is 4.97. The molecule has 0 amide bonds. The fourth-order valence-electron chi connectivity index (χ4n) is 2.35. The number of ether oxygens (including phenoxy) is 2. The maximum atomic E-state index is 9.46. The number of thioether (sulfide) groups is 1. The number of rotatable bonds is 3. The summed E-state index contributed by atoms with van der Waals surface area (Å²) in [6, 6.07) is 13.7. The Labute approximate surface area is 150 Å². The van der Waals surface area contributed by atoms with Crippen molar-refractivity contribution in [2.24, 2.45) is 0 Å². The number of H-pyrrole nitrogens is 1. The Hall–Kier alpha value is -2.43. The second kappa shape index (κ2) is 6.23. The third-order valence-electron chi connectivity index (χ3n) is 3.46. The number of fused-ring (bicyclic) bond motifs is 2. The van der Waals surface area contributed by atoms with Crippen LogP contribution in [0.5, 0.6) is 11.5 Å². The highest BCUT2D eigenvalue weighted by molar-refractivity contribution is 9.10. The van der Waals surface area contributed by atoms with Crippen molar-refractivity contribution in [3.63, 3.8) is 0 Å². The van der Waals surface area contributed by atoms with E-state index in [9.17, 15) is 5.26 Å². The summed E-state index contributed by atoms with van der Waals surface area (Å²) in [4.78, 5) is 8.21. The molecule has 0 unspecified atom stereocenters. The maximum Gasteiger partial charge on any atom is 0.231 e. The first-order valence-corrected chi connectivity index (χ1v) is 8.67. The van der Waals surface area contributed by atoms with E-state index in [1.165, 1.54) is 11.8 Å². The van der Waals surface area contributed by atoms with Gasteiger partial charge in [0.1, 0.15) is 6.07 Å².